The molecule has 6 atom stereocenters. The van der Waals surface area contributed by atoms with Crippen LogP contribution in [0.5, 0.6) is 5.75 Å². The fourth-order valence-electron chi connectivity index (χ4n) is 11.3. The summed E-state index contributed by atoms with van der Waals surface area (Å²) in [7, 11) is 2.27. The maximum absolute atomic E-state index is 16.8. The summed E-state index contributed by atoms with van der Waals surface area (Å²) in [6, 6.07) is 31.8. The number of carbonyl (C=O) groups excluding carboxylic acids is 6. The van der Waals surface area contributed by atoms with E-state index in [1.165, 1.54) is 30.3 Å². The number of amides is 3. The normalized spacial score (nSPS) is 22.0. The van der Waals surface area contributed by atoms with Gasteiger partial charge in [0.2, 0.25) is 11.8 Å². The van der Waals surface area contributed by atoms with E-state index in [4.69, 9.17) is 23.7 Å². The molecule has 4 heterocycles. The fraction of sp³-hybridized carbons (Fsp3) is 0.345. The molecule has 0 aliphatic carbocycles. The number of benzene rings is 5. The maximum atomic E-state index is 16.8. The number of morpholine rings is 1. The first-order valence-corrected chi connectivity index (χ1v) is 25.2. The molecule has 76 heavy (non-hydrogen) atoms. The van der Waals surface area contributed by atoms with Gasteiger partial charge < -0.3 is 33.7 Å². The number of rotatable bonds is 13. The summed E-state index contributed by atoms with van der Waals surface area (Å²) in [5, 5.41) is 21.4. The fourth-order valence-corrected chi connectivity index (χ4v) is 11.3. The van der Waals surface area contributed by atoms with E-state index < -0.39 is 88.8 Å². The standard InChI is InChI=1S/C58H56N4O14/c1-72-53(65)44(54(66)73-2)23-14-16-37-26-29-46-45(34-37)58(56(68)60(46)57(69)75-36-38-24-27-42(28-25-38)62(70)71)47(52(64)59-30-12-4-3-5-13-31-59)49-55(67)76-50(40-19-10-7-11-20-40)48(39-17-8-6-9-18-39)61(49)51(58)41-21-15-22-43(35-41)74-33-32-63/h6-11,15,17-22,24-29,34-35,44,47-51,63H,3-5,12-13,23,30-33,36H2,1-2H3. The number of nitrogens with zero attached hydrogens (tertiary/aromatic N) is 4. The predicted molar refractivity (Wildman–Crippen MR) is 273 cm³/mol. The molecule has 0 aromatic heterocycles. The molecule has 0 radical (unpaired) electrons. The number of ether oxygens (including phenoxy) is 5. The first-order chi connectivity index (χ1) is 36.9. The second kappa shape index (κ2) is 23.0. The van der Waals surface area contributed by atoms with Crippen molar-refractivity contribution in [2.75, 3.05) is 45.4 Å². The summed E-state index contributed by atoms with van der Waals surface area (Å²) >= 11 is 0. The molecule has 392 valence electrons. The minimum Gasteiger partial charge on any atom is -0.491 e. The molecular formula is C58H56N4O14. The van der Waals surface area contributed by atoms with Gasteiger partial charge in [-0.2, -0.15) is 0 Å². The van der Waals surface area contributed by atoms with Gasteiger partial charge in [-0.25, -0.2) is 9.69 Å². The van der Waals surface area contributed by atoms with Crippen LogP contribution in [0.4, 0.5) is 16.2 Å². The Bertz CT molecular complexity index is 3050. The van der Waals surface area contributed by atoms with Crippen LogP contribution in [-0.4, -0.2) is 102 Å². The number of esters is 3. The number of nitro groups is 1. The van der Waals surface area contributed by atoms with Crippen molar-refractivity contribution >= 4 is 47.2 Å². The molecule has 3 amide bonds. The topological polar surface area (TPSA) is 222 Å². The third kappa shape index (κ3) is 9.98. The Labute approximate surface area is 438 Å². The van der Waals surface area contributed by atoms with Crippen molar-refractivity contribution in [3.63, 3.8) is 0 Å². The molecule has 5 aromatic carbocycles. The van der Waals surface area contributed by atoms with Crippen LogP contribution in [-0.2, 0) is 54.9 Å². The van der Waals surface area contributed by atoms with Gasteiger partial charge >= 0.3 is 24.0 Å². The molecule has 1 N–H and O–H groups in total. The van der Waals surface area contributed by atoms with Gasteiger partial charge in [0.1, 0.15) is 36.5 Å². The number of hydrogen-bond donors (Lipinski definition) is 1. The van der Waals surface area contributed by atoms with Gasteiger partial charge in [-0.3, -0.25) is 39.0 Å². The minimum atomic E-state index is -2.18. The predicted octanol–water partition coefficient (Wildman–Crippen LogP) is 7.46. The zero-order chi connectivity index (χ0) is 53.5. The van der Waals surface area contributed by atoms with E-state index in [1.54, 1.807) is 41.3 Å². The Balaban J connectivity index is 1.32. The Morgan fingerprint density at radius 1 is 0.789 bits per heavy atom. The average Bonchev–Trinajstić information content (AvgIpc) is 3.98. The van der Waals surface area contributed by atoms with Gasteiger partial charge in [0.15, 0.2) is 5.92 Å². The summed E-state index contributed by atoms with van der Waals surface area (Å²) < 4.78 is 28.3. The van der Waals surface area contributed by atoms with E-state index in [1.807, 2.05) is 65.6 Å². The number of aliphatic hydroxyl groups is 1. The molecule has 3 fully saturated rings. The molecule has 5 aromatic rings. The number of imide groups is 1. The Morgan fingerprint density at radius 2 is 1.43 bits per heavy atom. The quantitative estimate of drug-likeness (QED) is 0.0302. The summed E-state index contributed by atoms with van der Waals surface area (Å²) in [6.45, 7) is -0.153. The molecule has 9 rings (SSSR count). The summed E-state index contributed by atoms with van der Waals surface area (Å²) in [5.74, 6) is -0.644. The van der Waals surface area contributed by atoms with Crippen molar-refractivity contribution in [2.45, 2.75) is 74.8 Å². The van der Waals surface area contributed by atoms with Crippen molar-refractivity contribution in [3.8, 4) is 17.6 Å². The van der Waals surface area contributed by atoms with Crippen LogP contribution in [0.2, 0.25) is 0 Å². The largest absolute Gasteiger partial charge is 0.491 e. The van der Waals surface area contributed by atoms with Crippen molar-refractivity contribution in [1.82, 2.24) is 9.80 Å². The highest BCUT2D eigenvalue weighted by Gasteiger charge is 2.76. The minimum absolute atomic E-state index is 0.0264. The van der Waals surface area contributed by atoms with Crippen LogP contribution in [0.3, 0.4) is 0 Å². The van der Waals surface area contributed by atoms with Crippen LogP contribution in [0.25, 0.3) is 0 Å². The number of cyclic esters (lactones) is 1. The van der Waals surface area contributed by atoms with Crippen LogP contribution >= 0.6 is 0 Å². The lowest BCUT2D eigenvalue weighted by Gasteiger charge is -2.46. The molecule has 18 nitrogen and oxygen atoms in total. The number of non-ortho nitro benzene ring substituents is 1. The van der Waals surface area contributed by atoms with Gasteiger partial charge in [0.25, 0.3) is 5.69 Å². The Morgan fingerprint density at radius 3 is 2.08 bits per heavy atom. The van der Waals surface area contributed by atoms with E-state index in [9.17, 15) is 24.8 Å². The first kappa shape index (κ1) is 52.5. The van der Waals surface area contributed by atoms with E-state index in [0.29, 0.717) is 53.9 Å². The number of carbonyl (C=O) groups is 6. The Hall–Kier alpha value is -8.40. The van der Waals surface area contributed by atoms with Crippen molar-refractivity contribution in [2.24, 2.45) is 11.8 Å². The van der Waals surface area contributed by atoms with Gasteiger partial charge in [0, 0.05) is 37.2 Å². The summed E-state index contributed by atoms with van der Waals surface area (Å²) in [5.41, 5.74) is 0.192. The van der Waals surface area contributed by atoms with Crippen LogP contribution in [0.15, 0.2) is 127 Å². The number of hydrogen-bond acceptors (Lipinski definition) is 15. The number of likely N-dealkylation sites (tertiary alicyclic amines) is 1. The maximum Gasteiger partial charge on any atom is 0.421 e. The van der Waals surface area contributed by atoms with Gasteiger partial charge in [0.05, 0.1) is 49.4 Å². The SMILES string of the molecule is COC(=O)C(CC#Cc1ccc2c(c1)C1(C(=O)N2C(=O)OCc2ccc([N+](=O)[O-])cc2)C(C(=O)N2CCCCCCC2)C2C(=O)OC(c3ccccc3)C(c3ccccc3)N2C1c1cccc(OCCO)c1)C(=O)OC. The zero-order valence-electron chi connectivity index (χ0n) is 41.9. The van der Waals surface area contributed by atoms with Crippen molar-refractivity contribution < 1.29 is 62.5 Å². The second-order valence-electron chi connectivity index (χ2n) is 19.0. The molecule has 4 aliphatic heterocycles. The second-order valence-corrected chi connectivity index (χ2v) is 19.0. The van der Waals surface area contributed by atoms with E-state index in [-0.39, 0.29) is 42.1 Å². The zero-order valence-corrected chi connectivity index (χ0v) is 41.9. The number of fused-ring (bicyclic) bond motifs is 3. The van der Waals surface area contributed by atoms with E-state index in [2.05, 4.69) is 11.8 Å². The first-order valence-electron chi connectivity index (χ1n) is 25.2. The van der Waals surface area contributed by atoms with Crippen molar-refractivity contribution in [3.05, 3.63) is 171 Å². The molecule has 0 saturated carbocycles. The van der Waals surface area contributed by atoms with Crippen molar-refractivity contribution in [1.29, 1.82) is 0 Å². The highest BCUT2D eigenvalue weighted by atomic mass is 16.6. The highest BCUT2D eigenvalue weighted by Crippen LogP contribution is 2.66. The van der Waals surface area contributed by atoms with Crippen LogP contribution in [0.1, 0.15) is 90.1 Å². The summed E-state index contributed by atoms with van der Waals surface area (Å²) in [4.78, 5) is 105. The van der Waals surface area contributed by atoms with Crippen LogP contribution < -0.4 is 9.64 Å². The molecule has 0 bridgehead atoms. The third-order valence-electron chi connectivity index (χ3n) is 14.6. The molecule has 1 spiro atoms. The highest BCUT2D eigenvalue weighted by molar-refractivity contribution is 6.23. The van der Waals surface area contributed by atoms with E-state index in [0.717, 1.165) is 38.4 Å². The number of aliphatic hydroxyl groups excluding tert-OH is 1. The van der Waals surface area contributed by atoms with E-state index >= 15 is 19.2 Å². The lowest BCUT2D eigenvalue weighted by molar-refractivity contribution is -0.384. The van der Waals surface area contributed by atoms with Gasteiger partial charge in [-0.05, 0) is 83.1 Å². The summed E-state index contributed by atoms with van der Waals surface area (Å²) in [6.07, 6.45) is 1.53. The Kier molecular flexibility index (Phi) is 15.9. The smallest absolute Gasteiger partial charge is 0.421 e. The van der Waals surface area contributed by atoms with Gasteiger partial charge in [-0.15, -0.1) is 0 Å². The number of nitro benzene ring substituents is 1. The van der Waals surface area contributed by atoms with Crippen LogP contribution in [0, 0.1) is 33.8 Å². The third-order valence-corrected chi connectivity index (χ3v) is 14.6. The average molecular weight is 1030 g/mol. The number of methoxy groups -OCH3 is 2. The molecule has 18 heteroatoms. The molecule has 4 aliphatic rings. The van der Waals surface area contributed by atoms with Gasteiger partial charge in [-0.1, -0.05) is 104 Å². The monoisotopic (exact) mass is 1030 g/mol. The molecule has 6 unspecified atom stereocenters. The molecule has 3 saturated heterocycles. The lowest BCUT2D eigenvalue weighted by atomic mass is 9.64. The lowest BCUT2D eigenvalue weighted by Crippen LogP contribution is -2.56. The number of anilines is 1. The molecular weight excluding hydrogens is 977 g/mol.